The van der Waals surface area contributed by atoms with E-state index in [9.17, 15) is 9.59 Å². The van der Waals surface area contributed by atoms with Gasteiger partial charge >= 0.3 is 5.97 Å². The summed E-state index contributed by atoms with van der Waals surface area (Å²) in [5.74, 6) is -0.950. The van der Waals surface area contributed by atoms with E-state index in [1.807, 2.05) is 17.5 Å². The Labute approximate surface area is 124 Å². The minimum atomic E-state index is -0.869. The molecule has 0 aliphatic carbocycles. The van der Waals surface area contributed by atoms with Crippen LogP contribution >= 0.6 is 11.3 Å². The highest BCUT2D eigenvalue weighted by Gasteiger charge is 2.26. The van der Waals surface area contributed by atoms with E-state index >= 15 is 0 Å². The maximum Gasteiger partial charge on any atom is 0.303 e. The summed E-state index contributed by atoms with van der Waals surface area (Å²) in [6.07, 6.45) is 2.11. The fourth-order valence-corrected chi connectivity index (χ4v) is 3.03. The number of amides is 1. The molecule has 5 heteroatoms. The third kappa shape index (κ3) is 5.74. The van der Waals surface area contributed by atoms with Gasteiger partial charge in [-0.3, -0.25) is 9.59 Å². The molecule has 4 nitrogen and oxygen atoms in total. The number of carboxylic acids is 1. The van der Waals surface area contributed by atoms with Crippen LogP contribution in [-0.4, -0.2) is 17.0 Å². The number of carbonyl (C=O) groups is 2. The third-order valence-electron chi connectivity index (χ3n) is 3.07. The second-order valence-electron chi connectivity index (χ2n) is 5.84. The molecular weight excluding hydrogens is 274 g/mol. The number of hydrogen-bond acceptors (Lipinski definition) is 3. The molecule has 0 aromatic carbocycles. The molecule has 0 bridgehead atoms. The largest absolute Gasteiger partial charge is 0.481 e. The van der Waals surface area contributed by atoms with Gasteiger partial charge in [0.2, 0.25) is 5.91 Å². The zero-order valence-corrected chi connectivity index (χ0v) is 13.1. The smallest absolute Gasteiger partial charge is 0.303 e. The van der Waals surface area contributed by atoms with Crippen LogP contribution < -0.4 is 5.32 Å². The van der Waals surface area contributed by atoms with Crippen LogP contribution in [0.5, 0.6) is 0 Å². The summed E-state index contributed by atoms with van der Waals surface area (Å²) in [4.78, 5) is 24.0. The molecular formula is C15H23NO3S. The molecule has 1 heterocycles. The number of carbonyl (C=O) groups excluding carboxylic acids is 1. The summed E-state index contributed by atoms with van der Waals surface area (Å²) in [5.41, 5.74) is -0.526. The zero-order valence-electron chi connectivity index (χ0n) is 12.3. The van der Waals surface area contributed by atoms with Crippen molar-refractivity contribution in [2.75, 3.05) is 0 Å². The van der Waals surface area contributed by atoms with Crippen molar-refractivity contribution in [3.8, 4) is 0 Å². The first-order valence-corrected chi connectivity index (χ1v) is 7.76. The van der Waals surface area contributed by atoms with E-state index in [1.54, 1.807) is 25.2 Å². The van der Waals surface area contributed by atoms with Crippen LogP contribution in [0.2, 0.25) is 0 Å². The minimum absolute atomic E-state index is 0.00212. The van der Waals surface area contributed by atoms with Gasteiger partial charge < -0.3 is 10.4 Å². The van der Waals surface area contributed by atoms with Crippen molar-refractivity contribution >= 4 is 23.2 Å². The average molecular weight is 297 g/mol. The molecule has 0 spiro atoms. The summed E-state index contributed by atoms with van der Waals surface area (Å²) in [7, 11) is 0. The Bertz CT molecular complexity index is 440. The first kappa shape index (κ1) is 16.7. The lowest BCUT2D eigenvalue weighted by Gasteiger charge is -2.24. The first-order valence-electron chi connectivity index (χ1n) is 6.88. The highest BCUT2D eigenvalue weighted by Crippen LogP contribution is 2.27. The predicted octanol–water partition coefficient (Wildman–Crippen LogP) is 3.60. The topological polar surface area (TPSA) is 66.4 Å². The summed E-state index contributed by atoms with van der Waals surface area (Å²) in [6, 6.07) is 4.03. The van der Waals surface area contributed by atoms with Crippen LogP contribution in [0.25, 0.3) is 0 Å². The molecule has 0 saturated heterocycles. The van der Waals surface area contributed by atoms with Crippen molar-refractivity contribution in [3.63, 3.8) is 0 Å². The van der Waals surface area contributed by atoms with Crippen molar-refractivity contribution < 1.29 is 14.7 Å². The Morgan fingerprint density at radius 2 is 2.10 bits per heavy atom. The molecule has 0 aliphatic rings. The van der Waals surface area contributed by atoms with Gasteiger partial charge in [-0.25, -0.2) is 0 Å². The monoisotopic (exact) mass is 297 g/mol. The van der Waals surface area contributed by atoms with E-state index in [4.69, 9.17) is 5.11 Å². The molecule has 1 aromatic rings. The van der Waals surface area contributed by atoms with E-state index in [0.717, 1.165) is 17.7 Å². The van der Waals surface area contributed by atoms with E-state index in [2.05, 4.69) is 12.2 Å². The highest BCUT2D eigenvalue weighted by atomic mass is 32.1. The average Bonchev–Trinajstić information content (AvgIpc) is 2.78. The summed E-state index contributed by atoms with van der Waals surface area (Å²) in [6.45, 7) is 5.70. The molecule has 1 atom stereocenters. The molecule has 1 amide bonds. The maximum absolute atomic E-state index is 12.1. The normalized spacial score (nSPS) is 12.9. The number of hydrogen-bond donors (Lipinski definition) is 2. The van der Waals surface area contributed by atoms with Crippen LogP contribution in [0.4, 0.5) is 0 Å². The Kier molecular flexibility index (Phi) is 6.20. The van der Waals surface area contributed by atoms with E-state index in [-0.39, 0.29) is 24.8 Å². The Morgan fingerprint density at radius 1 is 1.40 bits per heavy atom. The van der Waals surface area contributed by atoms with E-state index in [1.165, 1.54) is 0 Å². The number of nitrogens with one attached hydrogen (secondary N) is 1. The Balaban J connectivity index is 2.61. The van der Waals surface area contributed by atoms with Crippen LogP contribution in [0.1, 0.15) is 57.4 Å². The van der Waals surface area contributed by atoms with Crippen molar-refractivity contribution in [2.24, 2.45) is 5.41 Å². The fraction of sp³-hybridized carbons (Fsp3) is 0.600. The van der Waals surface area contributed by atoms with Gasteiger partial charge in [0.05, 0.1) is 12.5 Å². The molecule has 0 fully saturated rings. The van der Waals surface area contributed by atoms with Crippen molar-refractivity contribution in [1.29, 1.82) is 0 Å². The first-order chi connectivity index (χ1) is 9.34. The zero-order chi connectivity index (χ0) is 15.2. The molecule has 1 unspecified atom stereocenters. The van der Waals surface area contributed by atoms with Gasteiger partial charge in [-0.05, 0) is 23.3 Å². The van der Waals surface area contributed by atoms with Gasteiger partial charge in [0.1, 0.15) is 0 Å². The summed E-state index contributed by atoms with van der Waals surface area (Å²) >= 11 is 1.63. The van der Waals surface area contributed by atoms with Crippen molar-refractivity contribution in [2.45, 2.75) is 52.5 Å². The molecule has 1 rings (SSSR count). The molecule has 0 radical (unpaired) electrons. The van der Waals surface area contributed by atoms with Crippen molar-refractivity contribution in [3.05, 3.63) is 22.4 Å². The molecule has 20 heavy (non-hydrogen) atoms. The van der Waals surface area contributed by atoms with Crippen LogP contribution in [-0.2, 0) is 9.59 Å². The molecule has 0 saturated carbocycles. The standard InChI is InChI=1S/C15H23NO3S/c1-4-6-11(12-7-5-8-20-12)16-13(17)9-15(2,3)10-14(18)19/h5,7-8,11H,4,6,9-10H2,1-3H3,(H,16,17)(H,18,19). The van der Waals surface area contributed by atoms with Gasteiger partial charge in [0.15, 0.2) is 0 Å². The lowest BCUT2D eigenvalue weighted by atomic mass is 9.85. The molecule has 112 valence electrons. The predicted molar refractivity (Wildman–Crippen MR) is 80.8 cm³/mol. The van der Waals surface area contributed by atoms with Gasteiger partial charge in [-0.1, -0.05) is 33.3 Å². The summed E-state index contributed by atoms with van der Waals surface area (Å²) in [5, 5.41) is 13.9. The van der Waals surface area contributed by atoms with Gasteiger partial charge in [-0.2, -0.15) is 0 Å². The van der Waals surface area contributed by atoms with Gasteiger partial charge in [-0.15, -0.1) is 11.3 Å². The van der Waals surface area contributed by atoms with Crippen LogP contribution in [0.15, 0.2) is 17.5 Å². The number of rotatable bonds is 8. The van der Waals surface area contributed by atoms with Gasteiger partial charge in [0.25, 0.3) is 0 Å². The quantitative estimate of drug-likeness (QED) is 0.770. The summed E-state index contributed by atoms with van der Waals surface area (Å²) < 4.78 is 0. The van der Waals surface area contributed by atoms with Crippen LogP contribution in [0, 0.1) is 5.41 Å². The minimum Gasteiger partial charge on any atom is -0.481 e. The fourth-order valence-electron chi connectivity index (χ4n) is 2.22. The second kappa shape index (κ2) is 7.43. The number of aliphatic carboxylic acids is 1. The Hall–Kier alpha value is -1.36. The lowest BCUT2D eigenvalue weighted by molar-refractivity contribution is -0.139. The van der Waals surface area contributed by atoms with Crippen molar-refractivity contribution in [1.82, 2.24) is 5.32 Å². The second-order valence-corrected chi connectivity index (χ2v) is 6.81. The molecule has 0 aliphatic heterocycles. The number of carboxylic acid groups (broad SMARTS) is 1. The number of thiophene rings is 1. The van der Waals surface area contributed by atoms with Crippen LogP contribution in [0.3, 0.4) is 0 Å². The lowest BCUT2D eigenvalue weighted by Crippen LogP contribution is -2.32. The molecule has 1 aromatic heterocycles. The highest BCUT2D eigenvalue weighted by molar-refractivity contribution is 7.10. The van der Waals surface area contributed by atoms with E-state index in [0.29, 0.717) is 0 Å². The van der Waals surface area contributed by atoms with Gasteiger partial charge in [0, 0.05) is 11.3 Å². The molecule has 2 N–H and O–H groups in total. The van der Waals surface area contributed by atoms with E-state index < -0.39 is 11.4 Å². The Morgan fingerprint density at radius 3 is 2.60 bits per heavy atom. The maximum atomic E-state index is 12.1. The SMILES string of the molecule is CCCC(NC(=O)CC(C)(C)CC(=O)O)c1cccs1. The third-order valence-corrected chi connectivity index (χ3v) is 4.05.